The van der Waals surface area contributed by atoms with Crippen LogP contribution in [-0.2, 0) is 0 Å². The maximum atomic E-state index is 8.99. The standard InChI is InChI=1S/C17H24N8/c1-12-6-8-25(17(20-10-18)23(2)3)9-14(12)24(4)16-13-5-7-19-15(13)21-11-22-16/h5,7,11-12,14H,6,8-9H2,1-4H3,(H,19,21,22)/t12-,14+/m1/s1. The van der Waals surface area contributed by atoms with Crippen LogP contribution in [0.25, 0.3) is 11.0 Å². The molecular weight excluding hydrogens is 316 g/mol. The summed E-state index contributed by atoms with van der Waals surface area (Å²) >= 11 is 0. The molecule has 1 N–H and O–H groups in total. The number of aromatic amines is 1. The molecule has 3 rings (SSSR count). The van der Waals surface area contributed by atoms with Crippen molar-refractivity contribution in [3.05, 3.63) is 18.6 Å². The Bertz CT molecular complexity index is 802. The lowest BCUT2D eigenvalue weighted by Crippen LogP contribution is -2.55. The average Bonchev–Trinajstić information content (AvgIpc) is 3.08. The van der Waals surface area contributed by atoms with E-state index in [1.165, 1.54) is 0 Å². The van der Waals surface area contributed by atoms with Gasteiger partial charge in [-0.25, -0.2) is 9.97 Å². The number of H-pyrrole nitrogens is 1. The molecule has 132 valence electrons. The lowest BCUT2D eigenvalue weighted by molar-refractivity contribution is 0.223. The van der Waals surface area contributed by atoms with Gasteiger partial charge in [-0.1, -0.05) is 6.92 Å². The second-order valence-electron chi connectivity index (χ2n) is 6.73. The van der Waals surface area contributed by atoms with Gasteiger partial charge >= 0.3 is 0 Å². The molecule has 0 saturated carbocycles. The van der Waals surface area contributed by atoms with E-state index in [0.29, 0.717) is 11.9 Å². The number of aromatic nitrogens is 3. The van der Waals surface area contributed by atoms with E-state index in [9.17, 15) is 0 Å². The lowest BCUT2D eigenvalue weighted by Gasteiger charge is -2.43. The summed E-state index contributed by atoms with van der Waals surface area (Å²) in [5.41, 5.74) is 0.845. The Morgan fingerprint density at radius 3 is 2.92 bits per heavy atom. The number of piperidine rings is 1. The molecule has 2 aromatic rings. The molecule has 0 radical (unpaired) electrons. The van der Waals surface area contributed by atoms with Crippen molar-refractivity contribution in [2.75, 3.05) is 39.1 Å². The van der Waals surface area contributed by atoms with Crippen LogP contribution >= 0.6 is 0 Å². The van der Waals surface area contributed by atoms with Crippen LogP contribution in [0.4, 0.5) is 5.82 Å². The van der Waals surface area contributed by atoms with Crippen molar-refractivity contribution in [1.82, 2.24) is 24.8 Å². The fourth-order valence-electron chi connectivity index (χ4n) is 3.53. The number of likely N-dealkylation sites (tertiary alicyclic amines) is 1. The van der Waals surface area contributed by atoms with Gasteiger partial charge in [-0.3, -0.25) is 0 Å². The van der Waals surface area contributed by atoms with E-state index in [2.05, 4.69) is 43.7 Å². The van der Waals surface area contributed by atoms with Gasteiger partial charge in [-0.2, -0.15) is 5.26 Å². The second kappa shape index (κ2) is 6.97. The van der Waals surface area contributed by atoms with E-state index in [-0.39, 0.29) is 6.04 Å². The first-order chi connectivity index (χ1) is 12.0. The topological polar surface area (TPSA) is 87.4 Å². The minimum absolute atomic E-state index is 0.269. The number of rotatable bonds is 2. The highest BCUT2D eigenvalue weighted by atomic mass is 15.4. The van der Waals surface area contributed by atoms with Gasteiger partial charge in [0.25, 0.3) is 0 Å². The molecule has 1 saturated heterocycles. The zero-order chi connectivity index (χ0) is 18.0. The van der Waals surface area contributed by atoms with Crippen LogP contribution in [0, 0.1) is 17.4 Å². The molecular formula is C17H24N8. The molecule has 1 fully saturated rings. The predicted octanol–water partition coefficient (Wildman–Crippen LogP) is 1.50. The van der Waals surface area contributed by atoms with Crippen LogP contribution in [0.2, 0.25) is 0 Å². The first kappa shape index (κ1) is 17.0. The molecule has 0 spiro atoms. The minimum atomic E-state index is 0.269. The molecule has 0 bridgehead atoms. The predicted molar refractivity (Wildman–Crippen MR) is 98.2 cm³/mol. The largest absolute Gasteiger partial charge is 0.354 e. The Balaban J connectivity index is 1.88. The third-order valence-electron chi connectivity index (χ3n) is 4.92. The number of hydrogen-bond donors (Lipinski definition) is 1. The normalized spacial score (nSPS) is 21.2. The SMILES string of the molecule is C[C@@H]1CCN(C(=NC#N)N(C)C)C[C@@H]1N(C)c1ncnc2[nH]ccc12. The Morgan fingerprint density at radius 1 is 1.40 bits per heavy atom. The Labute approximate surface area is 147 Å². The summed E-state index contributed by atoms with van der Waals surface area (Å²) in [6.45, 7) is 3.96. The lowest BCUT2D eigenvalue weighted by atomic mass is 9.92. The van der Waals surface area contributed by atoms with Crippen molar-refractivity contribution in [3.8, 4) is 6.19 Å². The summed E-state index contributed by atoms with van der Waals surface area (Å²) in [6, 6.07) is 2.28. The fraction of sp³-hybridized carbons (Fsp3) is 0.529. The highest BCUT2D eigenvalue weighted by molar-refractivity contribution is 5.87. The van der Waals surface area contributed by atoms with Crippen LogP contribution in [0.3, 0.4) is 0 Å². The number of nitrogens with zero attached hydrogens (tertiary/aromatic N) is 7. The van der Waals surface area contributed by atoms with Gasteiger partial charge < -0.3 is 19.7 Å². The Hall–Kier alpha value is -2.82. The van der Waals surface area contributed by atoms with E-state index in [4.69, 9.17) is 5.26 Å². The number of guanidine groups is 1. The quantitative estimate of drug-likeness (QED) is 0.506. The number of nitriles is 1. The Morgan fingerprint density at radius 2 is 2.20 bits per heavy atom. The van der Waals surface area contributed by atoms with Gasteiger partial charge in [0.05, 0.1) is 11.4 Å². The molecule has 2 aromatic heterocycles. The summed E-state index contributed by atoms with van der Waals surface area (Å²) < 4.78 is 0. The maximum absolute atomic E-state index is 8.99. The van der Waals surface area contributed by atoms with Crippen LogP contribution in [-0.4, -0.2) is 71.0 Å². The minimum Gasteiger partial charge on any atom is -0.354 e. The zero-order valence-electron chi connectivity index (χ0n) is 15.1. The average molecular weight is 340 g/mol. The first-order valence-electron chi connectivity index (χ1n) is 8.43. The summed E-state index contributed by atoms with van der Waals surface area (Å²) in [7, 11) is 5.91. The van der Waals surface area contributed by atoms with E-state index in [0.717, 1.165) is 36.4 Å². The van der Waals surface area contributed by atoms with Gasteiger partial charge in [0, 0.05) is 40.4 Å². The van der Waals surface area contributed by atoms with Crippen LogP contribution < -0.4 is 4.90 Å². The van der Waals surface area contributed by atoms with Crippen molar-refractivity contribution in [3.63, 3.8) is 0 Å². The summed E-state index contributed by atoms with van der Waals surface area (Å²) in [5, 5.41) is 10.0. The first-order valence-corrected chi connectivity index (χ1v) is 8.43. The highest BCUT2D eigenvalue weighted by Gasteiger charge is 2.32. The molecule has 3 heterocycles. The van der Waals surface area contributed by atoms with Gasteiger partial charge in [0.2, 0.25) is 12.2 Å². The monoisotopic (exact) mass is 340 g/mol. The van der Waals surface area contributed by atoms with Crippen molar-refractivity contribution in [2.45, 2.75) is 19.4 Å². The maximum Gasteiger partial charge on any atom is 0.212 e. The number of anilines is 1. The van der Waals surface area contributed by atoms with Gasteiger partial charge in [0.15, 0.2) is 0 Å². The number of fused-ring (bicyclic) bond motifs is 1. The third kappa shape index (κ3) is 3.22. The van der Waals surface area contributed by atoms with Gasteiger partial charge in [-0.15, -0.1) is 4.99 Å². The van der Waals surface area contributed by atoms with E-state index in [1.54, 1.807) is 6.33 Å². The van der Waals surface area contributed by atoms with E-state index in [1.807, 2.05) is 37.5 Å². The molecule has 1 aliphatic rings. The van der Waals surface area contributed by atoms with Crippen molar-refractivity contribution < 1.29 is 0 Å². The molecule has 0 aromatic carbocycles. The van der Waals surface area contributed by atoms with Crippen LogP contribution in [0.15, 0.2) is 23.6 Å². The third-order valence-corrected chi connectivity index (χ3v) is 4.92. The highest BCUT2D eigenvalue weighted by Crippen LogP contribution is 2.28. The number of likely N-dealkylation sites (N-methyl/N-ethyl adjacent to an activating group) is 1. The van der Waals surface area contributed by atoms with Crippen molar-refractivity contribution in [1.29, 1.82) is 5.26 Å². The summed E-state index contributed by atoms with van der Waals surface area (Å²) in [4.78, 5) is 22.2. The smallest absolute Gasteiger partial charge is 0.212 e. The summed E-state index contributed by atoms with van der Waals surface area (Å²) in [6.07, 6.45) is 6.44. The number of nitrogens with one attached hydrogen (secondary N) is 1. The zero-order valence-corrected chi connectivity index (χ0v) is 15.1. The molecule has 1 aliphatic heterocycles. The Kier molecular flexibility index (Phi) is 4.74. The van der Waals surface area contributed by atoms with Gasteiger partial charge in [0.1, 0.15) is 17.8 Å². The molecule has 0 unspecified atom stereocenters. The summed E-state index contributed by atoms with van der Waals surface area (Å²) in [5.74, 6) is 2.14. The molecule has 2 atom stereocenters. The van der Waals surface area contributed by atoms with Crippen molar-refractivity contribution in [2.24, 2.45) is 10.9 Å². The second-order valence-corrected chi connectivity index (χ2v) is 6.73. The molecule has 8 heteroatoms. The van der Waals surface area contributed by atoms with Gasteiger partial charge in [-0.05, 0) is 18.4 Å². The molecule has 25 heavy (non-hydrogen) atoms. The fourth-order valence-corrected chi connectivity index (χ4v) is 3.53. The van der Waals surface area contributed by atoms with Crippen molar-refractivity contribution >= 4 is 22.8 Å². The van der Waals surface area contributed by atoms with E-state index < -0.39 is 0 Å². The van der Waals surface area contributed by atoms with E-state index >= 15 is 0 Å². The van der Waals surface area contributed by atoms with Crippen LogP contribution in [0.1, 0.15) is 13.3 Å². The number of aliphatic imine (C=N–C) groups is 1. The molecule has 0 aliphatic carbocycles. The molecule has 0 amide bonds. The van der Waals surface area contributed by atoms with Crippen LogP contribution in [0.5, 0.6) is 0 Å². The molecule has 8 nitrogen and oxygen atoms in total. The number of hydrogen-bond acceptors (Lipinski definition) is 5.